The van der Waals surface area contributed by atoms with Crippen LogP contribution in [0.25, 0.3) is 0 Å². The number of halogens is 1. The fraction of sp³-hybridized carbons (Fsp3) is 0.512. The molecular formula is C41H57ClN2O14S3. The van der Waals surface area contributed by atoms with Gasteiger partial charge in [-0.15, -0.1) is 0 Å². The van der Waals surface area contributed by atoms with E-state index in [2.05, 4.69) is 0 Å². The standard InChI is InChI=1S/C24H31NO8S2.C10H19NO4.C7H7ClO2S/c1-17-6-10-21(11-7-17)34(27,28)31-16-19-14-20(15-25(19)23(26)32-24(3,4)5)33-35(29,30)22-12-8-18(2)9-13-22;1-10(2,3)15-9(14)11-5-8(13)4-7(11)6-12;1-6-2-4-7(5-3-6)11(8,9)10/h6-13,19-20H,14-16H2,1-5H3;7-8,12-13H,4-6H2,1-3H3;2-5H,1H3. The highest BCUT2D eigenvalue weighted by Gasteiger charge is 2.41. The Morgan fingerprint density at radius 1 is 0.639 bits per heavy atom. The number of aliphatic hydroxyl groups excluding tert-OH is 2. The lowest BCUT2D eigenvalue weighted by molar-refractivity contribution is 0.0159. The van der Waals surface area contributed by atoms with Crippen molar-refractivity contribution < 1.29 is 62.9 Å². The number of hydrogen-bond acceptors (Lipinski definition) is 14. The fourth-order valence-corrected chi connectivity index (χ4v) is 8.63. The van der Waals surface area contributed by atoms with Crippen molar-refractivity contribution in [3.63, 3.8) is 0 Å². The lowest BCUT2D eigenvalue weighted by Crippen LogP contribution is -2.42. The van der Waals surface area contributed by atoms with Gasteiger partial charge >= 0.3 is 12.2 Å². The highest BCUT2D eigenvalue weighted by Crippen LogP contribution is 2.28. The number of carbonyl (C=O) groups excluding carboxylic acids is 2. The molecule has 2 N–H and O–H groups in total. The van der Waals surface area contributed by atoms with Gasteiger partial charge in [0.05, 0.1) is 65.3 Å². The molecule has 2 heterocycles. The van der Waals surface area contributed by atoms with E-state index in [9.17, 15) is 39.9 Å². The first-order valence-corrected chi connectivity index (χ1v) is 24.4. The molecule has 340 valence electrons. The quantitative estimate of drug-likeness (QED) is 0.184. The molecule has 0 spiro atoms. The number of benzene rings is 3. The first kappa shape index (κ1) is 51.5. The number of nitrogens with zero attached hydrogens (tertiary/aromatic N) is 2. The molecule has 0 bridgehead atoms. The third-order valence-corrected chi connectivity index (χ3v) is 12.9. The Morgan fingerprint density at radius 2 is 1.03 bits per heavy atom. The Morgan fingerprint density at radius 3 is 1.43 bits per heavy atom. The topological polar surface area (TPSA) is 220 Å². The van der Waals surface area contributed by atoms with Crippen LogP contribution in [0.4, 0.5) is 9.59 Å². The maximum Gasteiger partial charge on any atom is 0.410 e. The van der Waals surface area contributed by atoms with Gasteiger partial charge in [0.2, 0.25) is 0 Å². The largest absolute Gasteiger partial charge is 0.444 e. The smallest absolute Gasteiger partial charge is 0.410 e. The second kappa shape index (κ2) is 21.0. The highest BCUT2D eigenvalue weighted by molar-refractivity contribution is 8.13. The molecule has 2 fully saturated rings. The van der Waals surface area contributed by atoms with E-state index in [0.717, 1.165) is 16.7 Å². The van der Waals surface area contributed by atoms with Crippen molar-refractivity contribution in [3.05, 3.63) is 89.5 Å². The maximum absolute atomic E-state index is 12.8. The Kier molecular flexibility index (Phi) is 17.8. The monoisotopic (exact) mass is 932 g/mol. The van der Waals surface area contributed by atoms with Crippen molar-refractivity contribution in [2.45, 2.75) is 125 Å². The molecule has 4 atom stereocenters. The molecule has 0 aliphatic carbocycles. The summed E-state index contributed by atoms with van der Waals surface area (Å²) < 4.78 is 93.5. The second-order valence-electron chi connectivity index (χ2n) is 16.7. The summed E-state index contributed by atoms with van der Waals surface area (Å²) in [5.41, 5.74) is 1.45. The minimum atomic E-state index is -4.10. The van der Waals surface area contributed by atoms with Gasteiger partial charge < -0.3 is 29.5 Å². The summed E-state index contributed by atoms with van der Waals surface area (Å²) in [7, 11) is -6.65. The Bertz CT molecular complexity index is 2260. The molecule has 0 radical (unpaired) electrons. The molecule has 2 aliphatic heterocycles. The number of carbonyl (C=O) groups is 2. The third-order valence-electron chi connectivity index (χ3n) is 8.84. The van der Waals surface area contributed by atoms with Gasteiger partial charge in [0.25, 0.3) is 29.3 Å². The van der Waals surface area contributed by atoms with E-state index in [4.69, 9.17) is 33.6 Å². The Hall–Kier alpha value is -3.82. The van der Waals surface area contributed by atoms with Gasteiger partial charge in [0.1, 0.15) is 11.2 Å². The summed E-state index contributed by atoms with van der Waals surface area (Å²) in [5, 5.41) is 18.4. The third kappa shape index (κ3) is 16.8. The number of aliphatic hydroxyl groups is 2. The van der Waals surface area contributed by atoms with E-state index in [1.807, 2.05) is 20.8 Å². The summed E-state index contributed by atoms with van der Waals surface area (Å²) in [6.45, 7) is 15.6. The van der Waals surface area contributed by atoms with E-state index in [-0.39, 0.29) is 53.5 Å². The van der Waals surface area contributed by atoms with Crippen molar-refractivity contribution in [3.8, 4) is 0 Å². The van der Waals surface area contributed by atoms with Crippen molar-refractivity contribution in [2.24, 2.45) is 0 Å². The zero-order valence-electron chi connectivity index (χ0n) is 35.8. The van der Waals surface area contributed by atoms with Crippen LogP contribution in [0.2, 0.25) is 0 Å². The van der Waals surface area contributed by atoms with Gasteiger partial charge in [0.15, 0.2) is 0 Å². The molecule has 20 heteroatoms. The van der Waals surface area contributed by atoms with Gasteiger partial charge in [-0.25, -0.2) is 18.0 Å². The molecular weight excluding hydrogens is 876 g/mol. The number of amides is 2. The van der Waals surface area contributed by atoms with Crippen LogP contribution in [-0.4, -0.2) is 119 Å². The van der Waals surface area contributed by atoms with Crippen molar-refractivity contribution in [1.82, 2.24) is 9.80 Å². The van der Waals surface area contributed by atoms with E-state index >= 15 is 0 Å². The maximum atomic E-state index is 12.8. The van der Waals surface area contributed by atoms with Gasteiger partial charge in [-0.05, 0) is 112 Å². The summed E-state index contributed by atoms with van der Waals surface area (Å²) in [4.78, 5) is 27.2. The summed E-state index contributed by atoms with van der Waals surface area (Å²) >= 11 is 0. The molecule has 61 heavy (non-hydrogen) atoms. The zero-order chi connectivity index (χ0) is 46.1. The van der Waals surface area contributed by atoms with E-state index in [1.165, 1.54) is 46.2 Å². The number of β-amino-alcohol motifs (C(OH)–C–C–N with tert-alkyl or cyclic N) is 1. The van der Waals surface area contributed by atoms with Crippen LogP contribution >= 0.6 is 10.7 Å². The first-order valence-electron chi connectivity index (χ1n) is 19.2. The molecule has 0 saturated carbocycles. The van der Waals surface area contributed by atoms with Gasteiger partial charge in [0, 0.05) is 10.7 Å². The number of likely N-dealkylation sites (tertiary alicyclic amines) is 2. The van der Waals surface area contributed by atoms with Crippen molar-refractivity contribution in [2.75, 3.05) is 26.3 Å². The number of aryl methyl sites for hydroxylation is 3. The van der Waals surface area contributed by atoms with Crippen molar-refractivity contribution in [1.29, 1.82) is 0 Å². The molecule has 2 amide bonds. The van der Waals surface area contributed by atoms with Crippen LogP contribution in [0.1, 0.15) is 71.1 Å². The first-order chi connectivity index (χ1) is 28.0. The molecule has 3 aromatic rings. The van der Waals surface area contributed by atoms with Crippen LogP contribution in [0.5, 0.6) is 0 Å². The lowest BCUT2D eigenvalue weighted by atomic mass is 10.2. The van der Waals surface area contributed by atoms with Gasteiger partial charge in [-0.1, -0.05) is 53.1 Å². The summed E-state index contributed by atoms with van der Waals surface area (Å²) in [6.07, 6.45) is -2.18. The summed E-state index contributed by atoms with van der Waals surface area (Å²) in [6, 6.07) is 17.7. The second-order valence-corrected chi connectivity index (χ2v) is 22.4. The predicted molar refractivity (Wildman–Crippen MR) is 228 cm³/mol. The molecule has 2 aliphatic rings. The highest BCUT2D eigenvalue weighted by atomic mass is 35.7. The van der Waals surface area contributed by atoms with Gasteiger partial charge in [-0.3, -0.25) is 8.37 Å². The van der Waals surface area contributed by atoms with Crippen molar-refractivity contribution >= 4 is 52.2 Å². The van der Waals surface area contributed by atoms with Crippen LogP contribution < -0.4 is 0 Å². The van der Waals surface area contributed by atoms with Crippen LogP contribution in [0, 0.1) is 20.8 Å². The Balaban J connectivity index is 0.000000310. The average Bonchev–Trinajstić information content (AvgIpc) is 3.72. The molecule has 0 aromatic heterocycles. The van der Waals surface area contributed by atoms with Crippen LogP contribution in [0.3, 0.4) is 0 Å². The summed E-state index contributed by atoms with van der Waals surface area (Å²) in [5.74, 6) is 0. The average molecular weight is 934 g/mol. The molecule has 4 unspecified atom stereocenters. The molecule has 16 nitrogen and oxygen atoms in total. The minimum absolute atomic E-state index is 0.00596. The molecule has 2 saturated heterocycles. The molecule has 3 aromatic carbocycles. The zero-order valence-corrected chi connectivity index (χ0v) is 39.0. The minimum Gasteiger partial charge on any atom is -0.444 e. The SMILES string of the molecule is CC(C)(C)OC(=O)N1CC(O)CC1CO.Cc1ccc(S(=O)(=O)Cl)cc1.Cc1ccc(S(=O)(=O)OCC2CC(OS(=O)(=O)c3ccc(C)cc3)CN2C(=O)OC(C)(C)C)cc1. The van der Waals surface area contributed by atoms with Gasteiger partial charge in [-0.2, -0.15) is 16.8 Å². The predicted octanol–water partition coefficient (Wildman–Crippen LogP) is 6.06. The number of ether oxygens (including phenoxy) is 2. The lowest BCUT2D eigenvalue weighted by Gasteiger charge is -2.28. The van der Waals surface area contributed by atoms with E-state index < -0.39 is 70.9 Å². The fourth-order valence-electron chi connectivity index (χ4n) is 5.84. The normalized spacial score (nSPS) is 19.6. The van der Waals surface area contributed by atoms with E-state index in [1.54, 1.807) is 77.9 Å². The molecule has 5 rings (SSSR count). The van der Waals surface area contributed by atoms with Crippen LogP contribution in [0.15, 0.2) is 87.5 Å². The van der Waals surface area contributed by atoms with E-state index in [0.29, 0.717) is 6.42 Å². The van der Waals surface area contributed by atoms with Crippen LogP contribution in [-0.2, 0) is 47.1 Å². The number of hydrogen-bond donors (Lipinski definition) is 2. The Labute approximate surface area is 364 Å². The number of rotatable bonds is 9.